The van der Waals surface area contributed by atoms with E-state index < -0.39 is 23.3 Å². The minimum absolute atomic E-state index is 0.101. The predicted octanol–water partition coefficient (Wildman–Crippen LogP) is 1.76. The summed E-state index contributed by atoms with van der Waals surface area (Å²) in [6.07, 6.45) is -3.05. The second-order valence-electron chi connectivity index (χ2n) is 7.99. The Bertz CT molecular complexity index is 1370. The highest BCUT2D eigenvalue weighted by Gasteiger charge is 2.41. The van der Waals surface area contributed by atoms with Gasteiger partial charge in [-0.25, -0.2) is 9.78 Å². The van der Waals surface area contributed by atoms with Crippen LogP contribution >= 0.6 is 0 Å². The van der Waals surface area contributed by atoms with Crippen LogP contribution in [0.3, 0.4) is 0 Å². The summed E-state index contributed by atoms with van der Waals surface area (Å²) in [5, 5.41) is 2.69. The number of hydrogen-bond acceptors (Lipinski definition) is 5. The zero-order valence-electron chi connectivity index (χ0n) is 19.4. The van der Waals surface area contributed by atoms with Gasteiger partial charge < -0.3 is 14.8 Å². The molecule has 35 heavy (non-hydrogen) atoms. The van der Waals surface area contributed by atoms with Gasteiger partial charge in [-0.15, -0.1) is 0 Å². The Labute approximate surface area is 197 Å². The molecule has 188 valence electrons. The summed E-state index contributed by atoms with van der Waals surface area (Å²) in [5.41, 5.74) is 0.376. The Kier molecular flexibility index (Phi) is 7.46. The zero-order chi connectivity index (χ0) is 25.9. The molecular weight excluding hydrogens is 469 g/mol. The highest BCUT2D eigenvalue weighted by Crippen LogP contribution is 2.21. The molecule has 0 atom stereocenters. The summed E-state index contributed by atoms with van der Waals surface area (Å²) in [4.78, 5) is 53.2. The fraction of sp³-hybridized carbons (Fsp3) is 0.409. The Morgan fingerprint density at radius 1 is 1.14 bits per heavy atom. The molecule has 2 aromatic heterocycles. The lowest BCUT2D eigenvalue weighted by atomic mass is 10.1. The van der Waals surface area contributed by atoms with Crippen LogP contribution in [0.25, 0.3) is 11.2 Å². The molecule has 0 bridgehead atoms. The Hall–Kier alpha value is -3.90. The molecule has 2 heterocycles. The number of aromatic nitrogens is 4. The highest BCUT2D eigenvalue weighted by atomic mass is 19.4. The first-order valence-electron chi connectivity index (χ1n) is 10.8. The summed E-state index contributed by atoms with van der Waals surface area (Å²) in [6, 6.07) is 6.25. The van der Waals surface area contributed by atoms with E-state index >= 15 is 0 Å². The molecule has 0 aliphatic carbocycles. The molecular formula is C22H25F3N6O4. The number of carbonyl (C=O) groups excluding carboxylic acids is 2. The van der Waals surface area contributed by atoms with Crippen LogP contribution in [0.15, 0.2) is 40.2 Å². The number of halogens is 3. The molecule has 0 saturated carbocycles. The number of amides is 2. The van der Waals surface area contributed by atoms with E-state index in [0.717, 1.165) is 4.57 Å². The van der Waals surface area contributed by atoms with Crippen molar-refractivity contribution in [2.45, 2.75) is 39.0 Å². The number of anilines is 1. The first kappa shape index (κ1) is 25.7. The van der Waals surface area contributed by atoms with E-state index in [1.165, 1.54) is 38.0 Å². The summed E-state index contributed by atoms with van der Waals surface area (Å²) < 4.78 is 42.1. The number of fused-ring (bicyclic) bond motifs is 1. The third-order valence-corrected chi connectivity index (χ3v) is 5.52. The first-order chi connectivity index (χ1) is 16.4. The van der Waals surface area contributed by atoms with E-state index in [0.29, 0.717) is 29.1 Å². The predicted molar refractivity (Wildman–Crippen MR) is 122 cm³/mol. The maximum Gasteiger partial charge on any atom is 0.471 e. The fourth-order valence-corrected chi connectivity index (χ4v) is 3.67. The van der Waals surface area contributed by atoms with Gasteiger partial charge in [0.2, 0.25) is 5.91 Å². The van der Waals surface area contributed by atoms with E-state index in [2.05, 4.69) is 10.3 Å². The molecule has 3 aromatic rings. The summed E-state index contributed by atoms with van der Waals surface area (Å²) in [6.45, 7) is 1.40. The standard InChI is InChI=1S/C22H25F3N6O4/c1-4-30(20(34)22(23,24)25)12-14-7-5-8-15(11-14)27-16(32)9-6-10-31-13-26-18-17(31)19(33)29(3)21(35)28(18)2/h5,7-8,11,13H,4,6,9-10,12H2,1-3H3,(H,27,32). The second kappa shape index (κ2) is 10.2. The number of rotatable bonds is 8. The van der Waals surface area contributed by atoms with Crippen molar-refractivity contribution < 1.29 is 22.8 Å². The number of hydrogen-bond donors (Lipinski definition) is 1. The van der Waals surface area contributed by atoms with Gasteiger partial charge in [-0.05, 0) is 31.0 Å². The Balaban J connectivity index is 1.62. The normalized spacial score (nSPS) is 11.6. The Morgan fingerprint density at radius 2 is 1.86 bits per heavy atom. The maximum atomic E-state index is 12.7. The van der Waals surface area contributed by atoms with Gasteiger partial charge in [-0.1, -0.05) is 12.1 Å². The van der Waals surface area contributed by atoms with Gasteiger partial charge in [-0.2, -0.15) is 13.2 Å². The summed E-state index contributed by atoms with van der Waals surface area (Å²) >= 11 is 0. The van der Waals surface area contributed by atoms with Crippen LogP contribution < -0.4 is 16.6 Å². The van der Waals surface area contributed by atoms with Crippen molar-refractivity contribution in [1.82, 2.24) is 23.6 Å². The molecule has 13 heteroatoms. The Morgan fingerprint density at radius 3 is 2.51 bits per heavy atom. The fourth-order valence-electron chi connectivity index (χ4n) is 3.67. The third-order valence-electron chi connectivity index (χ3n) is 5.52. The lowest BCUT2D eigenvalue weighted by Crippen LogP contribution is -2.40. The molecule has 0 aliphatic heterocycles. The molecule has 0 spiro atoms. The number of carbonyl (C=O) groups is 2. The van der Waals surface area contributed by atoms with Crippen LogP contribution in [0, 0.1) is 0 Å². The minimum Gasteiger partial charge on any atom is -0.331 e. The van der Waals surface area contributed by atoms with Crippen molar-refractivity contribution >= 4 is 28.7 Å². The number of aryl methyl sites for hydroxylation is 2. The molecule has 10 nitrogen and oxygen atoms in total. The topological polar surface area (TPSA) is 111 Å². The lowest BCUT2D eigenvalue weighted by molar-refractivity contribution is -0.185. The molecule has 0 unspecified atom stereocenters. The van der Waals surface area contributed by atoms with Crippen molar-refractivity contribution in [2.75, 3.05) is 11.9 Å². The number of nitrogens with zero attached hydrogens (tertiary/aromatic N) is 5. The smallest absolute Gasteiger partial charge is 0.331 e. The summed E-state index contributed by atoms with van der Waals surface area (Å²) in [7, 11) is 2.89. The minimum atomic E-state index is -4.96. The number of imidazole rings is 1. The van der Waals surface area contributed by atoms with Crippen molar-refractivity contribution in [2.24, 2.45) is 14.1 Å². The number of nitrogens with one attached hydrogen (secondary N) is 1. The molecule has 0 aliphatic rings. The molecule has 0 radical (unpaired) electrons. The van der Waals surface area contributed by atoms with Gasteiger partial charge in [0, 0.05) is 45.8 Å². The average molecular weight is 494 g/mol. The van der Waals surface area contributed by atoms with E-state index in [4.69, 9.17) is 0 Å². The zero-order valence-corrected chi connectivity index (χ0v) is 19.4. The molecule has 0 fully saturated rings. The van der Waals surface area contributed by atoms with Gasteiger partial charge in [0.05, 0.1) is 6.33 Å². The van der Waals surface area contributed by atoms with Crippen molar-refractivity contribution in [1.29, 1.82) is 0 Å². The quantitative estimate of drug-likeness (QED) is 0.513. The number of benzene rings is 1. The lowest BCUT2D eigenvalue weighted by Gasteiger charge is -2.22. The van der Waals surface area contributed by atoms with E-state index in [-0.39, 0.29) is 36.6 Å². The van der Waals surface area contributed by atoms with Crippen molar-refractivity contribution in [3.05, 3.63) is 57.0 Å². The van der Waals surface area contributed by atoms with Crippen LogP contribution in [0.1, 0.15) is 25.3 Å². The van der Waals surface area contributed by atoms with Gasteiger partial charge in [0.25, 0.3) is 5.56 Å². The van der Waals surface area contributed by atoms with E-state index in [9.17, 15) is 32.3 Å². The van der Waals surface area contributed by atoms with Crippen molar-refractivity contribution in [3.8, 4) is 0 Å². The second-order valence-corrected chi connectivity index (χ2v) is 7.99. The van der Waals surface area contributed by atoms with Crippen LogP contribution in [0.2, 0.25) is 0 Å². The molecule has 1 aromatic carbocycles. The molecule has 3 rings (SSSR count). The van der Waals surface area contributed by atoms with Crippen LogP contribution in [0.5, 0.6) is 0 Å². The number of alkyl halides is 3. The SMILES string of the molecule is CCN(Cc1cccc(NC(=O)CCCn2cnc3c2c(=O)n(C)c(=O)n3C)c1)C(=O)C(F)(F)F. The average Bonchev–Trinajstić information content (AvgIpc) is 3.23. The van der Waals surface area contributed by atoms with Gasteiger partial charge >= 0.3 is 17.8 Å². The largest absolute Gasteiger partial charge is 0.471 e. The molecule has 1 N–H and O–H groups in total. The maximum absolute atomic E-state index is 12.7. The van der Waals surface area contributed by atoms with Crippen LogP contribution in [-0.2, 0) is 36.8 Å². The van der Waals surface area contributed by atoms with E-state index in [1.54, 1.807) is 22.8 Å². The third kappa shape index (κ3) is 5.61. The summed E-state index contributed by atoms with van der Waals surface area (Å²) in [5.74, 6) is -2.25. The van der Waals surface area contributed by atoms with Crippen LogP contribution in [0.4, 0.5) is 18.9 Å². The van der Waals surface area contributed by atoms with Crippen LogP contribution in [-0.4, -0.2) is 48.1 Å². The van der Waals surface area contributed by atoms with Crippen molar-refractivity contribution in [3.63, 3.8) is 0 Å². The van der Waals surface area contributed by atoms with Gasteiger partial charge in [0.1, 0.15) is 0 Å². The molecule has 0 saturated heterocycles. The monoisotopic (exact) mass is 494 g/mol. The molecule has 2 amide bonds. The van der Waals surface area contributed by atoms with Gasteiger partial charge in [0.15, 0.2) is 11.2 Å². The van der Waals surface area contributed by atoms with E-state index in [1.807, 2.05) is 0 Å². The highest BCUT2D eigenvalue weighted by molar-refractivity contribution is 5.90. The first-order valence-corrected chi connectivity index (χ1v) is 10.8. The van der Waals surface area contributed by atoms with Gasteiger partial charge in [-0.3, -0.25) is 23.5 Å².